The summed E-state index contributed by atoms with van der Waals surface area (Å²) in [5.74, 6) is -4.12. The highest BCUT2D eigenvalue weighted by Gasteiger charge is 2.39. The number of aromatic nitrogens is 2. The largest absolute Gasteiger partial charge is 0.490 e. The van der Waals surface area contributed by atoms with Gasteiger partial charge in [-0.1, -0.05) is 6.07 Å². The van der Waals surface area contributed by atoms with Crippen molar-refractivity contribution in [1.82, 2.24) is 19.8 Å². The van der Waals surface area contributed by atoms with Crippen LogP contribution >= 0.6 is 11.3 Å². The number of halogens is 6. The lowest BCUT2D eigenvalue weighted by Gasteiger charge is -2.34. The van der Waals surface area contributed by atoms with Gasteiger partial charge in [0.05, 0.1) is 5.51 Å². The molecule has 0 bridgehead atoms. The van der Waals surface area contributed by atoms with Crippen LogP contribution in [-0.4, -0.2) is 86.4 Å². The van der Waals surface area contributed by atoms with Crippen LogP contribution in [0.3, 0.4) is 0 Å². The number of carbonyl (C=O) groups is 3. The van der Waals surface area contributed by atoms with E-state index in [2.05, 4.69) is 20.9 Å². The number of hydrogen-bond acceptors (Lipinski definition) is 7. The van der Waals surface area contributed by atoms with Crippen LogP contribution in [0.1, 0.15) is 22.5 Å². The minimum Gasteiger partial charge on any atom is -0.475 e. The Morgan fingerprint density at radius 1 is 1.00 bits per heavy atom. The molecule has 2 aromatic heterocycles. The Kier molecular flexibility index (Phi) is 10.4. The van der Waals surface area contributed by atoms with Crippen molar-refractivity contribution >= 4 is 29.2 Å². The first-order chi connectivity index (χ1) is 17.2. The van der Waals surface area contributed by atoms with Gasteiger partial charge in [-0.25, -0.2) is 14.6 Å². The fourth-order valence-electron chi connectivity index (χ4n) is 3.81. The Hall–Kier alpha value is -3.27. The van der Waals surface area contributed by atoms with Gasteiger partial charge >= 0.3 is 24.3 Å². The molecular formula is C21H22F6N4O5S. The summed E-state index contributed by atoms with van der Waals surface area (Å²) in [5, 5.41) is 16.1. The van der Waals surface area contributed by atoms with Crippen molar-refractivity contribution in [2.45, 2.75) is 25.3 Å². The Morgan fingerprint density at radius 3 is 2.08 bits per heavy atom. The standard InChI is InChI=1S/C17H20N4OS.2C2HF3O2/c22-17(16-11-23-12-19-16)21-5-3-14-8-20(9-15(14)10-21)7-13-2-1-4-18-6-13;2*3-2(4,5)1(6)7/h1-2,4,6,11-12,14-15H,3,5,7-10H2;2*(H,6,7)/t14-,15-;;/m1../s1. The van der Waals surface area contributed by atoms with E-state index in [1.54, 1.807) is 5.51 Å². The first-order valence-corrected chi connectivity index (χ1v) is 11.5. The zero-order chi connectivity index (χ0) is 27.8. The van der Waals surface area contributed by atoms with E-state index in [0.717, 1.165) is 39.1 Å². The molecule has 4 rings (SSSR count). The average molecular weight is 556 g/mol. The number of rotatable bonds is 3. The van der Waals surface area contributed by atoms with Gasteiger partial charge in [-0.15, -0.1) is 11.3 Å². The quantitative estimate of drug-likeness (QED) is 0.552. The van der Waals surface area contributed by atoms with Gasteiger partial charge in [0.2, 0.25) is 0 Å². The van der Waals surface area contributed by atoms with Crippen LogP contribution in [-0.2, 0) is 16.1 Å². The summed E-state index contributed by atoms with van der Waals surface area (Å²) >= 11 is 1.48. The molecule has 204 valence electrons. The average Bonchev–Trinajstić information content (AvgIpc) is 3.48. The molecule has 2 N–H and O–H groups in total. The van der Waals surface area contributed by atoms with Crippen LogP contribution in [0.25, 0.3) is 0 Å². The molecule has 0 aliphatic carbocycles. The van der Waals surface area contributed by atoms with Crippen LogP contribution < -0.4 is 0 Å². The number of carbonyl (C=O) groups excluding carboxylic acids is 1. The molecule has 9 nitrogen and oxygen atoms in total. The molecule has 0 aromatic carbocycles. The second kappa shape index (κ2) is 12.8. The normalized spacial score (nSPS) is 19.6. The van der Waals surface area contributed by atoms with E-state index in [9.17, 15) is 31.1 Å². The maximum atomic E-state index is 12.5. The molecule has 2 saturated heterocycles. The van der Waals surface area contributed by atoms with Crippen molar-refractivity contribution in [2.75, 3.05) is 26.2 Å². The first-order valence-electron chi connectivity index (χ1n) is 10.6. The molecule has 16 heteroatoms. The summed E-state index contributed by atoms with van der Waals surface area (Å²) in [4.78, 5) is 43.1. The van der Waals surface area contributed by atoms with Crippen LogP contribution in [0.2, 0.25) is 0 Å². The number of carboxylic acids is 2. The summed E-state index contributed by atoms with van der Waals surface area (Å²) in [7, 11) is 0. The molecule has 2 aliphatic rings. The fourth-order valence-corrected chi connectivity index (χ4v) is 4.34. The molecule has 2 aromatic rings. The highest BCUT2D eigenvalue weighted by Crippen LogP contribution is 2.32. The van der Waals surface area contributed by atoms with E-state index in [4.69, 9.17) is 19.8 Å². The third-order valence-electron chi connectivity index (χ3n) is 5.43. The van der Waals surface area contributed by atoms with Crippen LogP contribution in [0.4, 0.5) is 26.3 Å². The number of nitrogens with zero attached hydrogens (tertiary/aromatic N) is 4. The Labute approximate surface area is 210 Å². The van der Waals surface area contributed by atoms with E-state index in [-0.39, 0.29) is 5.91 Å². The van der Waals surface area contributed by atoms with Crippen molar-refractivity contribution in [3.05, 3.63) is 46.7 Å². The zero-order valence-corrected chi connectivity index (χ0v) is 19.8. The molecule has 0 unspecified atom stereocenters. The number of carboxylic acid groups (broad SMARTS) is 2. The van der Waals surface area contributed by atoms with Crippen molar-refractivity contribution in [2.24, 2.45) is 11.8 Å². The summed E-state index contributed by atoms with van der Waals surface area (Å²) in [6.45, 7) is 4.89. The van der Waals surface area contributed by atoms with Crippen LogP contribution in [0.5, 0.6) is 0 Å². The van der Waals surface area contributed by atoms with Gasteiger partial charge in [0.1, 0.15) is 5.69 Å². The number of hydrogen-bond donors (Lipinski definition) is 2. The van der Waals surface area contributed by atoms with Crippen molar-refractivity contribution < 1.29 is 50.9 Å². The Balaban J connectivity index is 0.000000286. The lowest BCUT2D eigenvalue weighted by atomic mass is 9.88. The number of thiazole rings is 1. The maximum Gasteiger partial charge on any atom is 0.490 e. The van der Waals surface area contributed by atoms with Crippen LogP contribution in [0, 0.1) is 11.8 Å². The van der Waals surface area contributed by atoms with Gasteiger partial charge < -0.3 is 15.1 Å². The Bertz CT molecular complexity index is 1010. The molecule has 2 atom stereocenters. The molecule has 2 aliphatic heterocycles. The molecule has 0 saturated carbocycles. The number of aliphatic carboxylic acids is 2. The van der Waals surface area contributed by atoms with E-state index in [1.807, 2.05) is 28.7 Å². The van der Waals surface area contributed by atoms with Gasteiger partial charge in [0.25, 0.3) is 5.91 Å². The third-order valence-corrected chi connectivity index (χ3v) is 6.02. The maximum absolute atomic E-state index is 12.5. The van der Waals surface area contributed by atoms with Crippen molar-refractivity contribution in [3.8, 4) is 0 Å². The monoisotopic (exact) mass is 556 g/mol. The van der Waals surface area contributed by atoms with Gasteiger partial charge in [0, 0.05) is 50.5 Å². The SMILES string of the molecule is O=C(O)C(F)(F)F.O=C(O)C(F)(F)F.O=C(c1cscn1)N1CC[C@@H]2CN(Cc3cccnc3)C[C@@H]2C1. The molecule has 1 amide bonds. The molecule has 0 radical (unpaired) electrons. The van der Waals surface area contributed by atoms with E-state index in [1.165, 1.54) is 16.9 Å². The van der Waals surface area contributed by atoms with Gasteiger partial charge in [-0.05, 0) is 29.9 Å². The molecule has 4 heterocycles. The van der Waals surface area contributed by atoms with Crippen molar-refractivity contribution in [3.63, 3.8) is 0 Å². The van der Waals surface area contributed by atoms with E-state index < -0.39 is 24.3 Å². The fraction of sp³-hybridized carbons (Fsp3) is 0.476. The second-order valence-electron chi connectivity index (χ2n) is 8.09. The summed E-state index contributed by atoms with van der Waals surface area (Å²) in [6.07, 6.45) is -5.31. The molecule has 0 spiro atoms. The number of piperidine rings is 1. The predicted molar refractivity (Wildman–Crippen MR) is 117 cm³/mol. The zero-order valence-electron chi connectivity index (χ0n) is 18.9. The highest BCUT2D eigenvalue weighted by molar-refractivity contribution is 7.07. The number of fused-ring (bicyclic) bond motifs is 1. The smallest absolute Gasteiger partial charge is 0.475 e. The molecular weight excluding hydrogens is 534 g/mol. The first kappa shape index (κ1) is 30.0. The second-order valence-corrected chi connectivity index (χ2v) is 8.81. The highest BCUT2D eigenvalue weighted by atomic mass is 32.1. The molecule has 37 heavy (non-hydrogen) atoms. The number of amides is 1. The minimum absolute atomic E-state index is 0.0930. The molecule has 2 fully saturated rings. The Morgan fingerprint density at radius 2 is 1.59 bits per heavy atom. The lowest BCUT2D eigenvalue weighted by molar-refractivity contribution is -0.193. The topological polar surface area (TPSA) is 124 Å². The van der Waals surface area contributed by atoms with Gasteiger partial charge in [-0.2, -0.15) is 26.3 Å². The number of pyridine rings is 1. The third kappa shape index (κ3) is 9.60. The van der Waals surface area contributed by atoms with Crippen LogP contribution in [0.15, 0.2) is 35.4 Å². The number of likely N-dealkylation sites (tertiary alicyclic amines) is 2. The summed E-state index contributed by atoms with van der Waals surface area (Å²) in [5.41, 5.74) is 3.59. The van der Waals surface area contributed by atoms with Gasteiger partial charge in [-0.3, -0.25) is 14.7 Å². The summed E-state index contributed by atoms with van der Waals surface area (Å²) < 4.78 is 63.5. The van der Waals surface area contributed by atoms with Gasteiger partial charge in [0.15, 0.2) is 0 Å². The lowest BCUT2D eigenvalue weighted by Crippen LogP contribution is -2.43. The van der Waals surface area contributed by atoms with Crippen molar-refractivity contribution in [1.29, 1.82) is 0 Å². The number of alkyl halides is 6. The van der Waals surface area contributed by atoms with E-state index >= 15 is 0 Å². The summed E-state index contributed by atoms with van der Waals surface area (Å²) in [6, 6.07) is 4.12. The van der Waals surface area contributed by atoms with E-state index in [0.29, 0.717) is 17.5 Å². The predicted octanol–water partition coefficient (Wildman–Crippen LogP) is 3.40. The minimum atomic E-state index is -5.08.